The summed E-state index contributed by atoms with van der Waals surface area (Å²) in [6, 6.07) is 56.7. The van der Waals surface area contributed by atoms with Gasteiger partial charge in [0.15, 0.2) is 0 Å². The highest BCUT2D eigenvalue weighted by atomic mass is 14.9. The number of hydrogen-bond donors (Lipinski definition) is 0. The standard InChI is InChI=1S/C56H44N2/c1-7-17-36(40-23-15-28-51-54(40)43-19-9-12-26-49(43)57(51)5)45-33-46-37(41-24-16-29-52-55(41)44-20-10-13-27-50(44)58(52)6)21-14-22-42(46)53(34(45)2)35-30-31-39-38-18-8-11-25-47(38)56(3,4)48(39)32-35/h7-33H,1H2,2-6H3/b36-17-. The smallest absolute Gasteiger partial charge is 0.0495 e. The number of fused-ring (bicyclic) bond motifs is 10. The molecule has 0 spiro atoms. The summed E-state index contributed by atoms with van der Waals surface area (Å²) < 4.78 is 4.66. The number of para-hydroxylation sites is 2. The number of rotatable bonds is 5. The molecule has 0 bridgehead atoms. The van der Waals surface area contributed by atoms with Gasteiger partial charge in [0, 0.05) is 63.1 Å². The van der Waals surface area contributed by atoms with E-state index in [-0.39, 0.29) is 5.41 Å². The Bertz CT molecular complexity index is 3410. The fourth-order valence-electron chi connectivity index (χ4n) is 10.6. The number of allylic oxidation sites excluding steroid dienone is 2. The highest BCUT2D eigenvalue weighted by Crippen LogP contribution is 2.51. The van der Waals surface area contributed by atoms with Crippen LogP contribution in [0.5, 0.6) is 0 Å². The second-order valence-corrected chi connectivity index (χ2v) is 16.6. The molecule has 1 aliphatic carbocycles. The first-order valence-electron chi connectivity index (χ1n) is 20.3. The molecule has 278 valence electrons. The van der Waals surface area contributed by atoms with Crippen molar-refractivity contribution in [1.29, 1.82) is 0 Å². The highest BCUT2D eigenvalue weighted by Gasteiger charge is 2.35. The number of aryl methyl sites for hydroxylation is 2. The predicted molar refractivity (Wildman–Crippen MR) is 249 cm³/mol. The maximum Gasteiger partial charge on any atom is 0.0495 e. The van der Waals surface area contributed by atoms with Gasteiger partial charge in [-0.3, -0.25) is 0 Å². The molecule has 2 nitrogen and oxygen atoms in total. The van der Waals surface area contributed by atoms with Crippen LogP contribution in [0.1, 0.15) is 41.7 Å². The Morgan fingerprint density at radius 3 is 1.83 bits per heavy atom. The molecule has 2 aromatic heterocycles. The largest absolute Gasteiger partial charge is 0.344 e. The zero-order valence-corrected chi connectivity index (χ0v) is 33.7. The first kappa shape index (κ1) is 34.4. The fraction of sp³-hybridized carbons (Fsp3) is 0.107. The second kappa shape index (κ2) is 12.6. The van der Waals surface area contributed by atoms with Crippen molar-refractivity contribution in [2.75, 3.05) is 0 Å². The van der Waals surface area contributed by atoms with Crippen molar-refractivity contribution in [2.24, 2.45) is 14.1 Å². The van der Waals surface area contributed by atoms with Crippen molar-refractivity contribution in [3.63, 3.8) is 0 Å². The van der Waals surface area contributed by atoms with Gasteiger partial charge in [-0.2, -0.15) is 0 Å². The minimum absolute atomic E-state index is 0.115. The van der Waals surface area contributed by atoms with Gasteiger partial charge < -0.3 is 9.13 Å². The lowest BCUT2D eigenvalue weighted by Gasteiger charge is -2.24. The molecule has 0 radical (unpaired) electrons. The van der Waals surface area contributed by atoms with E-state index in [9.17, 15) is 0 Å². The third-order valence-electron chi connectivity index (χ3n) is 13.3. The van der Waals surface area contributed by atoms with Crippen LogP contribution in [0.2, 0.25) is 0 Å². The number of benzene rings is 8. The molecule has 2 heterocycles. The van der Waals surface area contributed by atoms with Crippen molar-refractivity contribution in [3.05, 3.63) is 198 Å². The van der Waals surface area contributed by atoms with E-state index < -0.39 is 0 Å². The van der Waals surface area contributed by atoms with Gasteiger partial charge in [0.2, 0.25) is 0 Å². The Balaban J connectivity index is 1.26. The van der Waals surface area contributed by atoms with E-state index in [1.54, 1.807) is 0 Å². The number of hydrogen-bond acceptors (Lipinski definition) is 0. The molecule has 0 atom stereocenters. The van der Waals surface area contributed by atoms with E-state index in [0.29, 0.717) is 0 Å². The minimum Gasteiger partial charge on any atom is -0.344 e. The monoisotopic (exact) mass is 744 g/mol. The van der Waals surface area contributed by atoms with Crippen molar-refractivity contribution >= 4 is 60.0 Å². The Morgan fingerprint density at radius 2 is 1.07 bits per heavy atom. The Kier molecular flexibility index (Phi) is 7.43. The average molecular weight is 745 g/mol. The molecule has 2 heteroatoms. The summed E-state index contributed by atoms with van der Waals surface area (Å²) in [5.41, 5.74) is 20.1. The molecule has 8 aromatic carbocycles. The van der Waals surface area contributed by atoms with E-state index in [1.807, 2.05) is 6.08 Å². The van der Waals surface area contributed by atoms with Crippen LogP contribution in [0, 0.1) is 6.92 Å². The molecular formula is C56H44N2. The van der Waals surface area contributed by atoms with Gasteiger partial charge in [-0.1, -0.05) is 148 Å². The van der Waals surface area contributed by atoms with Crippen LogP contribution < -0.4 is 0 Å². The van der Waals surface area contributed by atoms with Gasteiger partial charge in [-0.25, -0.2) is 0 Å². The number of aromatic nitrogens is 2. The van der Waals surface area contributed by atoms with Crippen LogP contribution in [0.25, 0.3) is 93.3 Å². The van der Waals surface area contributed by atoms with Crippen molar-refractivity contribution in [1.82, 2.24) is 9.13 Å². The van der Waals surface area contributed by atoms with Crippen LogP contribution in [0.15, 0.2) is 170 Å². The van der Waals surface area contributed by atoms with Gasteiger partial charge in [0.25, 0.3) is 0 Å². The van der Waals surface area contributed by atoms with E-state index in [0.717, 1.165) is 0 Å². The third kappa shape index (κ3) is 4.66. The summed E-state index contributed by atoms with van der Waals surface area (Å²) in [5.74, 6) is 0. The van der Waals surface area contributed by atoms with Crippen LogP contribution in [0.3, 0.4) is 0 Å². The summed E-state index contributed by atoms with van der Waals surface area (Å²) >= 11 is 0. The molecule has 0 fully saturated rings. The maximum absolute atomic E-state index is 4.29. The van der Waals surface area contributed by atoms with Crippen LogP contribution in [0.4, 0.5) is 0 Å². The van der Waals surface area contributed by atoms with E-state index >= 15 is 0 Å². The Morgan fingerprint density at radius 1 is 0.500 bits per heavy atom. The topological polar surface area (TPSA) is 9.86 Å². The van der Waals surface area contributed by atoms with Crippen LogP contribution in [-0.4, -0.2) is 9.13 Å². The molecule has 0 saturated heterocycles. The molecule has 58 heavy (non-hydrogen) atoms. The van der Waals surface area contributed by atoms with Crippen molar-refractivity contribution in [2.45, 2.75) is 26.2 Å². The summed E-state index contributed by atoms with van der Waals surface area (Å²) in [4.78, 5) is 0. The zero-order valence-electron chi connectivity index (χ0n) is 33.7. The first-order chi connectivity index (χ1) is 28.3. The lowest BCUT2D eigenvalue weighted by Crippen LogP contribution is -2.15. The molecule has 0 aliphatic heterocycles. The molecule has 0 N–H and O–H groups in total. The average Bonchev–Trinajstić information content (AvgIpc) is 3.81. The third-order valence-corrected chi connectivity index (χ3v) is 13.3. The molecule has 1 aliphatic rings. The highest BCUT2D eigenvalue weighted by molar-refractivity contribution is 6.19. The van der Waals surface area contributed by atoms with Gasteiger partial charge in [-0.05, 0) is 121 Å². The Labute approximate surface area is 339 Å². The lowest BCUT2D eigenvalue weighted by molar-refractivity contribution is 0.660. The number of nitrogens with zero attached hydrogens (tertiary/aromatic N) is 2. The molecule has 10 aromatic rings. The SMILES string of the molecule is C=C/C=C(\c1cc2c(-c3cccc4c3c3ccccc3n4C)cccc2c(-c2ccc3c(c2)C(C)(C)c2ccccc2-3)c1C)c1cccc2c1c1ccccc1n2C. The van der Waals surface area contributed by atoms with Gasteiger partial charge in [-0.15, -0.1) is 0 Å². The maximum atomic E-state index is 4.29. The van der Waals surface area contributed by atoms with Crippen LogP contribution >= 0.6 is 0 Å². The second-order valence-electron chi connectivity index (χ2n) is 16.6. The quantitative estimate of drug-likeness (QED) is 0.155. The van der Waals surface area contributed by atoms with E-state index in [2.05, 4.69) is 208 Å². The van der Waals surface area contributed by atoms with E-state index in [1.165, 1.54) is 121 Å². The minimum atomic E-state index is -0.115. The summed E-state index contributed by atoms with van der Waals surface area (Å²) in [6.45, 7) is 11.4. The molecule has 0 saturated carbocycles. The van der Waals surface area contributed by atoms with E-state index in [4.69, 9.17) is 0 Å². The van der Waals surface area contributed by atoms with Crippen molar-refractivity contribution in [3.8, 4) is 33.4 Å². The normalized spacial score (nSPS) is 13.6. The fourth-order valence-corrected chi connectivity index (χ4v) is 10.6. The Hall–Kier alpha value is -6.90. The van der Waals surface area contributed by atoms with Gasteiger partial charge in [0.05, 0.1) is 0 Å². The first-order valence-corrected chi connectivity index (χ1v) is 20.3. The summed E-state index contributed by atoms with van der Waals surface area (Å²) in [6.07, 6.45) is 4.19. The van der Waals surface area contributed by atoms with Gasteiger partial charge >= 0.3 is 0 Å². The molecular weight excluding hydrogens is 701 g/mol. The van der Waals surface area contributed by atoms with Gasteiger partial charge in [0.1, 0.15) is 0 Å². The van der Waals surface area contributed by atoms with Crippen LogP contribution in [-0.2, 0) is 19.5 Å². The predicted octanol–water partition coefficient (Wildman–Crippen LogP) is 14.7. The lowest BCUT2D eigenvalue weighted by atomic mass is 9.79. The van der Waals surface area contributed by atoms with Crippen molar-refractivity contribution < 1.29 is 0 Å². The zero-order chi connectivity index (χ0) is 39.4. The molecule has 11 rings (SSSR count). The summed E-state index contributed by atoms with van der Waals surface area (Å²) in [5, 5.41) is 7.58. The summed E-state index contributed by atoms with van der Waals surface area (Å²) in [7, 11) is 4.36. The molecule has 0 amide bonds. The molecule has 0 unspecified atom stereocenters.